The van der Waals surface area contributed by atoms with Gasteiger partial charge >= 0.3 is 0 Å². The van der Waals surface area contributed by atoms with E-state index in [2.05, 4.69) is 21.4 Å². The van der Waals surface area contributed by atoms with Gasteiger partial charge in [-0.25, -0.2) is 15.0 Å². The summed E-state index contributed by atoms with van der Waals surface area (Å²) >= 11 is 6.70. The van der Waals surface area contributed by atoms with Crippen LogP contribution in [-0.2, 0) is 13.1 Å². The zero-order valence-electron chi connectivity index (χ0n) is 23.6. The van der Waals surface area contributed by atoms with Crippen LogP contribution >= 0.6 is 11.6 Å². The van der Waals surface area contributed by atoms with Crippen molar-refractivity contribution in [1.82, 2.24) is 25.4 Å². The number of rotatable bonds is 9. The fraction of sp³-hybridized carbons (Fsp3) is 0.379. The van der Waals surface area contributed by atoms with Gasteiger partial charge in [-0.1, -0.05) is 22.8 Å². The molecule has 0 spiro atoms. The van der Waals surface area contributed by atoms with Crippen molar-refractivity contribution in [2.45, 2.75) is 40.0 Å². The Hall–Kier alpha value is -3.73. The van der Waals surface area contributed by atoms with Gasteiger partial charge in [0.25, 0.3) is 0 Å². The second-order valence-corrected chi connectivity index (χ2v) is 10.6. The molecular formula is C29H34ClN7O3. The zero-order chi connectivity index (χ0) is 28.6. The van der Waals surface area contributed by atoms with E-state index < -0.39 is 6.10 Å². The zero-order valence-corrected chi connectivity index (χ0v) is 24.4. The number of aliphatic hydroxyl groups is 1. The van der Waals surface area contributed by atoms with E-state index in [-0.39, 0.29) is 6.61 Å². The number of likely N-dealkylation sites (N-methyl/N-ethyl adjacent to an activating group) is 1. The van der Waals surface area contributed by atoms with Crippen LogP contribution in [0.25, 0.3) is 22.6 Å². The summed E-state index contributed by atoms with van der Waals surface area (Å²) in [7, 11) is 5.75. The fourth-order valence-corrected chi connectivity index (χ4v) is 5.09. The lowest BCUT2D eigenvalue weighted by Gasteiger charge is -2.22. The van der Waals surface area contributed by atoms with E-state index in [1.807, 2.05) is 51.9 Å². The number of ether oxygens (including phenoxy) is 1. The molecule has 0 amide bonds. The maximum absolute atomic E-state index is 10.1. The summed E-state index contributed by atoms with van der Waals surface area (Å²) in [6.45, 7) is 7.67. The molecule has 5 rings (SSSR count). The van der Waals surface area contributed by atoms with Gasteiger partial charge in [-0.05, 0) is 57.6 Å². The first-order chi connectivity index (χ1) is 19.2. The Morgan fingerprint density at radius 3 is 2.62 bits per heavy atom. The first-order valence-corrected chi connectivity index (χ1v) is 13.5. The molecule has 40 heavy (non-hydrogen) atoms. The van der Waals surface area contributed by atoms with E-state index >= 15 is 0 Å². The number of aromatic nitrogens is 4. The second-order valence-electron chi connectivity index (χ2n) is 10.2. The maximum Gasteiger partial charge on any atom is 0.163 e. The van der Waals surface area contributed by atoms with Crippen LogP contribution in [0.3, 0.4) is 0 Å². The number of nitrogens with zero attached hydrogens (tertiary/aromatic N) is 6. The number of pyridine rings is 1. The molecule has 1 aromatic carbocycles. The highest BCUT2D eigenvalue weighted by Gasteiger charge is 2.28. The molecule has 4 heterocycles. The predicted molar refractivity (Wildman–Crippen MR) is 156 cm³/mol. The molecule has 0 saturated heterocycles. The first-order valence-electron chi connectivity index (χ1n) is 13.1. The highest BCUT2D eigenvalue weighted by Crippen LogP contribution is 2.39. The lowest BCUT2D eigenvalue weighted by molar-refractivity contribution is 0.108. The van der Waals surface area contributed by atoms with Gasteiger partial charge in [0.15, 0.2) is 5.82 Å². The minimum Gasteiger partial charge on any atom is -0.491 e. The smallest absolute Gasteiger partial charge is 0.163 e. The summed E-state index contributed by atoms with van der Waals surface area (Å²) in [6.07, 6.45) is -0.643. The Morgan fingerprint density at radius 1 is 1.12 bits per heavy atom. The summed E-state index contributed by atoms with van der Waals surface area (Å²) in [5.41, 5.74) is 6.06. The number of nitrogens with one attached hydrogen (secondary N) is 1. The van der Waals surface area contributed by atoms with Crippen molar-refractivity contribution in [1.29, 1.82) is 0 Å². The van der Waals surface area contributed by atoms with Crippen LogP contribution in [0.5, 0.6) is 5.75 Å². The Kier molecular flexibility index (Phi) is 7.93. The summed E-state index contributed by atoms with van der Waals surface area (Å²) < 4.78 is 11.4. The average Bonchev–Trinajstić information content (AvgIpc) is 3.50. The van der Waals surface area contributed by atoms with Crippen LogP contribution in [0.1, 0.15) is 28.3 Å². The van der Waals surface area contributed by atoms with Gasteiger partial charge in [-0.15, -0.1) is 0 Å². The summed E-state index contributed by atoms with van der Waals surface area (Å²) in [5.74, 6) is 3.41. The van der Waals surface area contributed by atoms with E-state index in [0.29, 0.717) is 47.6 Å². The molecule has 0 radical (unpaired) electrons. The Balaban J connectivity index is 1.59. The minimum atomic E-state index is -0.643. The Bertz CT molecular complexity index is 1520. The molecule has 4 aromatic rings. The van der Waals surface area contributed by atoms with Crippen molar-refractivity contribution < 1.29 is 14.4 Å². The van der Waals surface area contributed by atoms with Gasteiger partial charge in [0.05, 0.1) is 34.2 Å². The van der Waals surface area contributed by atoms with Crippen LogP contribution in [0.15, 0.2) is 34.9 Å². The lowest BCUT2D eigenvalue weighted by Crippen LogP contribution is -2.29. The van der Waals surface area contributed by atoms with Gasteiger partial charge in [-0.3, -0.25) is 0 Å². The molecule has 1 aliphatic rings. The summed E-state index contributed by atoms with van der Waals surface area (Å²) in [5, 5.41) is 17.7. The fourth-order valence-electron chi connectivity index (χ4n) is 4.89. The van der Waals surface area contributed by atoms with E-state index in [1.54, 1.807) is 19.2 Å². The predicted octanol–water partition coefficient (Wildman–Crippen LogP) is 4.32. The van der Waals surface area contributed by atoms with Crippen molar-refractivity contribution in [3.63, 3.8) is 0 Å². The van der Waals surface area contributed by atoms with Crippen molar-refractivity contribution in [3.8, 4) is 28.4 Å². The van der Waals surface area contributed by atoms with Gasteiger partial charge in [0.2, 0.25) is 0 Å². The third-order valence-corrected chi connectivity index (χ3v) is 7.29. The number of hydrogen-bond acceptors (Lipinski definition) is 10. The van der Waals surface area contributed by atoms with E-state index in [9.17, 15) is 5.11 Å². The topological polar surface area (TPSA) is 113 Å². The SMILES string of the molecule is CNC[C@@H](O)COc1ccc(Cl)c(-c2nc(-c3c(C)noc3C)c(C)c(N3Cc4ccc(N(C)C)nc4C3)n2)c1. The number of fused-ring (bicyclic) bond motifs is 1. The Morgan fingerprint density at radius 2 is 1.93 bits per heavy atom. The third kappa shape index (κ3) is 5.47. The second kappa shape index (κ2) is 11.4. The maximum atomic E-state index is 10.1. The monoisotopic (exact) mass is 563 g/mol. The van der Waals surface area contributed by atoms with Gasteiger partial charge in [-0.2, -0.15) is 0 Å². The Labute approximate surface area is 239 Å². The van der Waals surface area contributed by atoms with Gasteiger partial charge in [0, 0.05) is 38.3 Å². The van der Waals surface area contributed by atoms with E-state index in [4.69, 9.17) is 35.8 Å². The van der Waals surface area contributed by atoms with E-state index in [0.717, 1.165) is 45.4 Å². The van der Waals surface area contributed by atoms with Crippen molar-refractivity contribution in [3.05, 3.63) is 63.6 Å². The molecule has 210 valence electrons. The number of anilines is 2. The summed E-state index contributed by atoms with van der Waals surface area (Å²) in [6, 6.07) is 9.50. The molecular weight excluding hydrogens is 530 g/mol. The van der Waals surface area contributed by atoms with Crippen LogP contribution < -0.4 is 19.9 Å². The van der Waals surface area contributed by atoms with Crippen LogP contribution in [0.4, 0.5) is 11.6 Å². The minimum absolute atomic E-state index is 0.139. The first kappa shape index (κ1) is 27.8. The normalized spacial score (nSPS) is 13.4. The van der Waals surface area contributed by atoms with Gasteiger partial charge in [0.1, 0.15) is 35.9 Å². The number of aliphatic hydroxyl groups excluding tert-OH is 1. The molecule has 2 N–H and O–H groups in total. The lowest BCUT2D eigenvalue weighted by atomic mass is 10.0. The molecule has 0 fully saturated rings. The molecule has 0 bridgehead atoms. The van der Waals surface area contributed by atoms with E-state index in [1.165, 1.54) is 0 Å². The summed E-state index contributed by atoms with van der Waals surface area (Å²) in [4.78, 5) is 19.1. The van der Waals surface area contributed by atoms with Crippen LogP contribution in [-0.4, -0.2) is 65.6 Å². The van der Waals surface area contributed by atoms with Crippen molar-refractivity contribution >= 4 is 23.2 Å². The molecule has 0 unspecified atom stereocenters. The molecule has 11 heteroatoms. The molecule has 0 saturated carbocycles. The standard InChI is InChI=1S/C29H34ClN7O3/c1-16-27(26-17(2)35-40-18(26)3)33-28(22-11-21(8-9-23(22)30)39-15-20(38)12-31-4)34-29(16)37-13-19-7-10-25(36(5)6)32-24(19)14-37/h7-11,20,31,38H,12-15H2,1-6H3/t20-/m1/s1. The van der Waals surface area contributed by atoms with Gasteiger partial charge < -0.3 is 29.5 Å². The van der Waals surface area contributed by atoms with Crippen LogP contribution in [0, 0.1) is 20.8 Å². The quantitative estimate of drug-likeness (QED) is 0.305. The molecule has 1 atom stereocenters. The average molecular weight is 564 g/mol. The third-order valence-electron chi connectivity index (χ3n) is 6.96. The number of benzene rings is 1. The highest BCUT2D eigenvalue weighted by molar-refractivity contribution is 6.33. The van der Waals surface area contributed by atoms with Crippen LogP contribution in [0.2, 0.25) is 5.02 Å². The molecule has 0 aliphatic carbocycles. The molecule has 10 nitrogen and oxygen atoms in total. The van der Waals surface area contributed by atoms with Crippen molar-refractivity contribution in [2.75, 3.05) is 44.1 Å². The number of aryl methyl sites for hydroxylation is 2. The van der Waals surface area contributed by atoms with Crippen molar-refractivity contribution in [2.24, 2.45) is 0 Å². The number of halogens is 1. The largest absolute Gasteiger partial charge is 0.491 e. The number of hydrogen-bond donors (Lipinski definition) is 2. The molecule has 1 aliphatic heterocycles. The molecule has 3 aromatic heterocycles. The highest BCUT2D eigenvalue weighted by atomic mass is 35.5.